The molecule has 1 saturated carbocycles. The number of fused-ring (bicyclic) bond motifs is 2. The van der Waals surface area contributed by atoms with Crippen LogP contribution in [0.25, 0.3) is 0 Å². The molecule has 1 saturated heterocycles. The molecule has 2 aliphatic heterocycles. The van der Waals surface area contributed by atoms with Crippen molar-refractivity contribution in [1.82, 2.24) is 10.2 Å². The Bertz CT molecular complexity index is 940. The van der Waals surface area contributed by atoms with Crippen LogP contribution < -0.4 is 5.32 Å². The Balaban J connectivity index is 1.81. The normalized spacial score (nSPS) is 25.8. The minimum atomic E-state index is -1.35. The van der Waals surface area contributed by atoms with Crippen LogP contribution in [-0.2, 0) is 33.4 Å². The van der Waals surface area contributed by atoms with Crippen LogP contribution in [0, 0.1) is 16.7 Å². The molecule has 9 nitrogen and oxygen atoms in total. The summed E-state index contributed by atoms with van der Waals surface area (Å²) in [7, 11) is 0. The van der Waals surface area contributed by atoms with Crippen molar-refractivity contribution in [3.05, 3.63) is 22.5 Å². The molecular weight excluding hydrogens is 452 g/mol. The molecule has 3 rings (SSSR count). The number of dihydropyridines is 1. The summed E-state index contributed by atoms with van der Waals surface area (Å²) in [5.41, 5.74) is 0.909. The van der Waals surface area contributed by atoms with Crippen LogP contribution in [0.5, 0.6) is 0 Å². The van der Waals surface area contributed by atoms with Gasteiger partial charge in [-0.15, -0.1) is 0 Å². The van der Waals surface area contributed by atoms with E-state index in [0.29, 0.717) is 17.9 Å². The van der Waals surface area contributed by atoms with Crippen molar-refractivity contribution in [2.24, 2.45) is 16.7 Å². The van der Waals surface area contributed by atoms with Crippen LogP contribution in [0.2, 0.25) is 0 Å². The molecule has 1 aliphatic carbocycles. The van der Waals surface area contributed by atoms with Gasteiger partial charge in [0, 0.05) is 24.0 Å². The van der Waals surface area contributed by atoms with Gasteiger partial charge in [0.1, 0.15) is 5.92 Å². The van der Waals surface area contributed by atoms with E-state index in [9.17, 15) is 19.2 Å². The second-order valence-electron chi connectivity index (χ2n) is 10.9. The van der Waals surface area contributed by atoms with Gasteiger partial charge < -0.3 is 24.4 Å². The molecule has 0 aromatic rings. The molecule has 0 aromatic carbocycles. The van der Waals surface area contributed by atoms with Gasteiger partial charge in [-0.2, -0.15) is 0 Å². The minimum absolute atomic E-state index is 0.0238. The molecule has 0 radical (unpaired) electrons. The molecule has 1 amide bonds. The summed E-state index contributed by atoms with van der Waals surface area (Å²) in [6.45, 7) is 13.6. The summed E-state index contributed by atoms with van der Waals surface area (Å²) in [6, 6.07) is 0.114. The van der Waals surface area contributed by atoms with E-state index in [1.165, 1.54) is 0 Å². The Kier molecular flexibility index (Phi) is 7.67. The van der Waals surface area contributed by atoms with Gasteiger partial charge in [0.2, 0.25) is 0 Å². The number of nitrogens with zero attached hydrogens (tertiary/aromatic N) is 1. The highest BCUT2D eigenvalue weighted by Gasteiger charge is 2.51. The van der Waals surface area contributed by atoms with Gasteiger partial charge in [-0.1, -0.05) is 20.8 Å². The first kappa shape index (κ1) is 26.8. The lowest BCUT2D eigenvalue weighted by molar-refractivity contribution is -0.156. The molecule has 9 heteroatoms. The Labute approximate surface area is 207 Å². The number of allylic oxidation sites excluding steroid dienone is 2. The van der Waals surface area contributed by atoms with Crippen LogP contribution in [0.4, 0.5) is 0 Å². The van der Waals surface area contributed by atoms with E-state index in [1.54, 1.807) is 27.7 Å². The average molecular weight is 491 g/mol. The zero-order chi connectivity index (χ0) is 26.1. The molecule has 2 atom stereocenters. The summed E-state index contributed by atoms with van der Waals surface area (Å²) in [5.74, 6) is -3.95. The highest BCUT2D eigenvalue weighted by Crippen LogP contribution is 2.52. The molecule has 0 aromatic heterocycles. The Hall–Kier alpha value is -2.84. The predicted molar refractivity (Wildman–Crippen MR) is 127 cm³/mol. The molecule has 1 N–H and O–H groups in total. The molecule has 0 spiro atoms. The Morgan fingerprint density at radius 3 is 1.97 bits per heavy atom. The lowest BCUT2D eigenvalue weighted by atomic mass is 9.65. The van der Waals surface area contributed by atoms with E-state index in [2.05, 4.69) is 26.1 Å². The maximum atomic E-state index is 13.3. The van der Waals surface area contributed by atoms with Crippen LogP contribution >= 0.6 is 0 Å². The van der Waals surface area contributed by atoms with E-state index < -0.39 is 30.4 Å². The second kappa shape index (κ2) is 10.0. The van der Waals surface area contributed by atoms with E-state index in [4.69, 9.17) is 14.2 Å². The van der Waals surface area contributed by atoms with Gasteiger partial charge in [0.15, 0.2) is 6.61 Å². The Morgan fingerprint density at radius 2 is 1.46 bits per heavy atom. The topological polar surface area (TPSA) is 111 Å². The molecule has 2 fully saturated rings. The number of esters is 3. The van der Waals surface area contributed by atoms with E-state index >= 15 is 0 Å². The monoisotopic (exact) mass is 490 g/mol. The maximum absolute atomic E-state index is 13.3. The van der Waals surface area contributed by atoms with Gasteiger partial charge >= 0.3 is 17.9 Å². The standard InChI is InChI=1S/C26H38N2O7/c1-8-33-22(30)19-15(3)27-16(4)20(23(31)34-9-2)21(19)24(32)35-12-18(29)28-14-26(7)11-17(28)10-25(5,6)13-26/h17,21,27H,8-14H2,1-7H3. The highest BCUT2D eigenvalue weighted by atomic mass is 16.5. The fourth-order valence-corrected chi connectivity index (χ4v) is 6.24. The third-order valence-corrected chi connectivity index (χ3v) is 7.06. The zero-order valence-corrected chi connectivity index (χ0v) is 21.9. The van der Waals surface area contributed by atoms with Gasteiger partial charge in [-0.3, -0.25) is 9.59 Å². The fourth-order valence-electron chi connectivity index (χ4n) is 6.24. The average Bonchev–Trinajstić information content (AvgIpc) is 2.99. The number of hydrogen-bond acceptors (Lipinski definition) is 8. The van der Waals surface area contributed by atoms with E-state index in [0.717, 1.165) is 19.3 Å². The summed E-state index contributed by atoms with van der Waals surface area (Å²) < 4.78 is 15.8. The molecule has 194 valence electrons. The quantitative estimate of drug-likeness (QED) is 0.428. The van der Waals surface area contributed by atoms with Crippen molar-refractivity contribution in [3.8, 4) is 0 Å². The van der Waals surface area contributed by atoms with Crippen LogP contribution in [-0.4, -0.2) is 61.1 Å². The number of rotatable bonds is 7. The first-order chi connectivity index (χ1) is 16.3. The minimum Gasteiger partial charge on any atom is -0.463 e. The largest absolute Gasteiger partial charge is 0.463 e. The third kappa shape index (κ3) is 5.54. The van der Waals surface area contributed by atoms with Gasteiger partial charge in [0.05, 0.1) is 24.4 Å². The fraction of sp³-hybridized carbons (Fsp3) is 0.692. The SMILES string of the molecule is CCOC(=O)C1=C(C)NC(C)=C(C(=O)OCC)C1C(=O)OCC(=O)N1CC2(C)CC1CC(C)(C)C2. The van der Waals surface area contributed by atoms with E-state index in [1.807, 2.05) is 4.90 Å². The first-order valence-electron chi connectivity index (χ1n) is 12.3. The number of hydrogen-bond donors (Lipinski definition) is 1. The summed E-state index contributed by atoms with van der Waals surface area (Å²) in [6.07, 6.45) is 2.88. The van der Waals surface area contributed by atoms with Gasteiger partial charge in [-0.05, 0) is 57.8 Å². The van der Waals surface area contributed by atoms with Crippen LogP contribution in [0.15, 0.2) is 22.5 Å². The smallest absolute Gasteiger partial charge is 0.337 e. The number of carbonyl (C=O) groups is 4. The maximum Gasteiger partial charge on any atom is 0.337 e. The van der Waals surface area contributed by atoms with Gasteiger partial charge in [0.25, 0.3) is 5.91 Å². The van der Waals surface area contributed by atoms with Crippen LogP contribution in [0.3, 0.4) is 0 Å². The number of likely N-dealkylation sites (tertiary alicyclic amines) is 1. The van der Waals surface area contributed by atoms with Crippen molar-refractivity contribution in [2.75, 3.05) is 26.4 Å². The molecule has 2 heterocycles. The lowest BCUT2D eigenvalue weighted by Gasteiger charge is -2.39. The predicted octanol–water partition coefficient (Wildman–Crippen LogP) is 2.85. The van der Waals surface area contributed by atoms with Gasteiger partial charge in [-0.25, -0.2) is 9.59 Å². The number of ether oxygens (including phenoxy) is 3. The summed E-state index contributed by atoms with van der Waals surface area (Å²) in [5, 5.41) is 2.96. The summed E-state index contributed by atoms with van der Waals surface area (Å²) >= 11 is 0. The van der Waals surface area contributed by atoms with Crippen molar-refractivity contribution in [3.63, 3.8) is 0 Å². The third-order valence-electron chi connectivity index (χ3n) is 7.06. The van der Waals surface area contributed by atoms with E-state index in [-0.39, 0.29) is 47.1 Å². The lowest BCUT2D eigenvalue weighted by Crippen LogP contribution is -2.42. The Morgan fingerprint density at radius 1 is 0.914 bits per heavy atom. The summed E-state index contributed by atoms with van der Waals surface area (Å²) in [4.78, 5) is 53.8. The number of nitrogens with one attached hydrogen (secondary N) is 1. The molecule has 2 unspecified atom stereocenters. The molecule has 2 bridgehead atoms. The van der Waals surface area contributed by atoms with Crippen LogP contribution in [0.1, 0.15) is 67.7 Å². The van der Waals surface area contributed by atoms with Crippen molar-refractivity contribution in [2.45, 2.75) is 73.8 Å². The molecule has 35 heavy (non-hydrogen) atoms. The molecular formula is C26H38N2O7. The van der Waals surface area contributed by atoms with Crippen molar-refractivity contribution < 1.29 is 33.4 Å². The van der Waals surface area contributed by atoms with Crippen molar-refractivity contribution in [1.29, 1.82) is 0 Å². The second-order valence-corrected chi connectivity index (χ2v) is 10.9. The number of amides is 1. The van der Waals surface area contributed by atoms with Crippen molar-refractivity contribution >= 4 is 23.8 Å². The molecule has 3 aliphatic rings. The number of carbonyl (C=O) groups excluding carboxylic acids is 4. The zero-order valence-electron chi connectivity index (χ0n) is 21.9. The first-order valence-corrected chi connectivity index (χ1v) is 12.3. The highest BCUT2D eigenvalue weighted by molar-refractivity contribution is 6.05.